The topological polar surface area (TPSA) is 73.2 Å². The summed E-state index contributed by atoms with van der Waals surface area (Å²) < 4.78 is 6.45. The van der Waals surface area contributed by atoms with E-state index in [4.69, 9.17) is 16.3 Å². The van der Waals surface area contributed by atoms with Crippen molar-refractivity contribution in [2.75, 3.05) is 7.11 Å². The maximum absolute atomic E-state index is 12.5. The number of aromatic nitrogens is 2. The van der Waals surface area contributed by atoms with Crippen LogP contribution in [-0.4, -0.2) is 34.6 Å². The molecule has 1 heterocycles. The Morgan fingerprint density at radius 2 is 2.04 bits per heavy atom. The van der Waals surface area contributed by atoms with Crippen LogP contribution in [0.4, 0.5) is 0 Å². The predicted molar refractivity (Wildman–Crippen MR) is 89.6 cm³/mol. The Morgan fingerprint density at radius 3 is 2.57 bits per heavy atom. The number of ether oxygens (including phenoxy) is 1. The number of hydrogen-bond donors (Lipinski definition) is 1. The van der Waals surface area contributed by atoms with Gasteiger partial charge in [0.25, 0.3) is 5.91 Å². The van der Waals surface area contributed by atoms with Gasteiger partial charge in [-0.05, 0) is 18.8 Å². The number of esters is 1. The molecular formula is C16H26ClN3O3. The van der Waals surface area contributed by atoms with Gasteiger partial charge in [0.2, 0.25) is 0 Å². The minimum Gasteiger partial charge on any atom is -0.467 e. The first-order valence-electron chi connectivity index (χ1n) is 7.91. The standard InChI is InChI=1S/C16H26ClN3O3/c1-6-7-8-12-19-14(17)13(20(12)4)15(21)18-11(9-10(2)3)16(22)23-5/h10-11H,6-9H2,1-5H3,(H,18,21)/t11-/m0/s1. The van der Waals surface area contributed by atoms with E-state index in [2.05, 4.69) is 17.2 Å². The van der Waals surface area contributed by atoms with Crippen molar-refractivity contribution in [2.45, 2.75) is 52.5 Å². The Labute approximate surface area is 142 Å². The molecule has 1 aromatic rings. The molecule has 1 N–H and O–H groups in total. The fraction of sp³-hybridized carbons (Fsp3) is 0.688. The van der Waals surface area contributed by atoms with Crippen LogP contribution in [0.5, 0.6) is 0 Å². The zero-order valence-electron chi connectivity index (χ0n) is 14.5. The van der Waals surface area contributed by atoms with Gasteiger partial charge in [-0.1, -0.05) is 38.8 Å². The van der Waals surface area contributed by atoms with Gasteiger partial charge in [-0.25, -0.2) is 9.78 Å². The van der Waals surface area contributed by atoms with Gasteiger partial charge in [0, 0.05) is 13.5 Å². The van der Waals surface area contributed by atoms with Crippen molar-refractivity contribution >= 4 is 23.5 Å². The highest BCUT2D eigenvalue weighted by Gasteiger charge is 2.26. The van der Waals surface area contributed by atoms with Crippen molar-refractivity contribution in [3.63, 3.8) is 0 Å². The molecular weight excluding hydrogens is 318 g/mol. The van der Waals surface area contributed by atoms with Gasteiger partial charge in [0.1, 0.15) is 17.6 Å². The second-order valence-corrected chi connectivity index (χ2v) is 6.37. The smallest absolute Gasteiger partial charge is 0.328 e. The third kappa shape index (κ3) is 5.23. The lowest BCUT2D eigenvalue weighted by atomic mass is 10.0. The van der Waals surface area contributed by atoms with Crippen LogP contribution in [0, 0.1) is 5.92 Å². The van der Waals surface area contributed by atoms with Crippen LogP contribution in [0.3, 0.4) is 0 Å². The summed E-state index contributed by atoms with van der Waals surface area (Å²) >= 11 is 6.12. The molecule has 130 valence electrons. The summed E-state index contributed by atoms with van der Waals surface area (Å²) in [5.74, 6) is 0.127. The maximum atomic E-state index is 12.5. The molecule has 1 rings (SSSR count). The molecule has 0 unspecified atom stereocenters. The number of carbonyl (C=O) groups is 2. The van der Waals surface area contributed by atoms with E-state index < -0.39 is 17.9 Å². The molecule has 0 aromatic carbocycles. The highest BCUT2D eigenvalue weighted by molar-refractivity contribution is 6.32. The Bertz CT molecular complexity index is 555. The number of imidazole rings is 1. The van der Waals surface area contributed by atoms with Gasteiger partial charge in [0.05, 0.1) is 7.11 Å². The monoisotopic (exact) mass is 343 g/mol. The van der Waals surface area contributed by atoms with Crippen molar-refractivity contribution in [2.24, 2.45) is 13.0 Å². The van der Waals surface area contributed by atoms with E-state index in [0.717, 1.165) is 25.1 Å². The van der Waals surface area contributed by atoms with E-state index in [1.165, 1.54) is 7.11 Å². The molecule has 0 radical (unpaired) electrons. The summed E-state index contributed by atoms with van der Waals surface area (Å²) in [6.07, 6.45) is 3.26. The molecule has 23 heavy (non-hydrogen) atoms. The minimum absolute atomic E-state index is 0.157. The van der Waals surface area contributed by atoms with E-state index in [9.17, 15) is 9.59 Å². The Hall–Kier alpha value is -1.56. The number of rotatable bonds is 8. The lowest BCUT2D eigenvalue weighted by Gasteiger charge is -2.18. The molecule has 0 spiro atoms. The summed E-state index contributed by atoms with van der Waals surface area (Å²) in [4.78, 5) is 28.6. The normalized spacial score (nSPS) is 12.3. The lowest BCUT2D eigenvalue weighted by Crippen LogP contribution is -2.43. The summed E-state index contributed by atoms with van der Waals surface area (Å²) in [7, 11) is 3.07. The van der Waals surface area contributed by atoms with Crippen LogP contribution in [0.1, 0.15) is 56.3 Å². The van der Waals surface area contributed by atoms with E-state index in [1.807, 2.05) is 13.8 Å². The molecule has 0 fully saturated rings. The highest BCUT2D eigenvalue weighted by Crippen LogP contribution is 2.18. The molecule has 1 atom stereocenters. The quantitative estimate of drug-likeness (QED) is 0.736. The van der Waals surface area contributed by atoms with Crippen LogP contribution >= 0.6 is 11.6 Å². The second kappa shape index (κ2) is 8.91. The first kappa shape index (κ1) is 19.5. The number of methoxy groups -OCH3 is 1. The van der Waals surface area contributed by atoms with E-state index in [-0.39, 0.29) is 16.8 Å². The Balaban J connectivity index is 2.95. The number of aryl methyl sites for hydroxylation is 1. The Morgan fingerprint density at radius 1 is 1.39 bits per heavy atom. The highest BCUT2D eigenvalue weighted by atomic mass is 35.5. The van der Waals surface area contributed by atoms with Gasteiger partial charge in [0.15, 0.2) is 5.15 Å². The molecule has 0 aliphatic carbocycles. The molecule has 7 heteroatoms. The number of nitrogens with zero attached hydrogens (tertiary/aromatic N) is 2. The number of carbonyl (C=O) groups excluding carboxylic acids is 2. The fourth-order valence-corrected chi connectivity index (χ4v) is 2.68. The second-order valence-electron chi connectivity index (χ2n) is 6.01. The molecule has 0 saturated carbocycles. The van der Waals surface area contributed by atoms with Gasteiger partial charge < -0.3 is 14.6 Å². The lowest BCUT2D eigenvalue weighted by molar-refractivity contribution is -0.143. The van der Waals surface area contributed by atoms with Crippen molar-refractivity contribution < 1.29 is 14.3 Å². The first-order valence-corrected chi connectivity index (χ1v) is 8.29. The zero-order valence-corrected chi connectivity index (χ0v) is 15.2. The molecule has 0 aliphatic heterocycles. The first-order chi connectivity index (χ1) is 10.8. The number of nitrogens with one attached hydrogen (secondary N) is 1. The van der Waals surface area contributed by atoms with Crippen molar-refractivity contribution in [3.05, 3.63) is 16.7 Å². The van der Waals surface area contributed by atoms with Gasteiger partial charge in [-0.2, -0.15) is 0 Å². The summed E-state index contributed by atoms with van der Waals surface area (Å²) in [6.45, 7) is 6.04. The van der Waals surface area contributed by atoms with Crippen molar-refractivity contribution in [3.8, 4) is 0 Å². The largest absolute Gasteiger partial charge is 0.467 e. The van der Waals surface area contributed by atoms with Gasteiger partial charge in [-0.3, -0.25) is 4.79 Å². The summed E-state index contributed by atoms with van der Waals surface area (Å²) in [5, 5.41) is 2.86. The van der Waals surface area contributed by atoms with E-state index >= 15 is 0 Å². The molecule has 1 amide bonds. The van der Waals surface area contributed by atoms with Gasteiger partial charge in [-0.15, -0.1) is 0 Å². The van der Waals surface area contributed by atoms with Crippen LogP contribution in [0.15, 0.2) is 0 Å². The number of hydrogen-bond acceptors (Lipinski definition) is 4. The minimum atomic E-state index is -0.697. The average molecular weight is 344 g/mol. The summed E-state index contributed by atoms with van der Waals surface area (Å²) in [5.41, 5.74) is 0.274. The zero-order chi connectivity index (χ0) is 17.6. The van der Waals surface area contributed by atoms with Crippen LogP contribution < -0.4 is 5.32 Å². The molecule has 0 saturated heterocycles. The Kier molecular flexibility index (Phi) is 7.55. The number of halogens is 1. The van der Waals surface area contributed by atoms with Crippen molar-refractivity contribution in [1.29, 1.82) is 0 Å². The van der Waals surface area contributed by atoms with Crippen LogP contribution in [-0.2, 0) is 23.0 Å². The number of amides is 1. The third-order valence-electron chi connectivity index (χ3n) is 3.61. The predicted octanol–water partition coefficient (Wildman–Crippen LogP) is 2.73. The van der Waals surface area contributed by atoms with Gasteiger partial charge >= 0.3 is 5.97 Å². The van der Waals surface area contributed by atoms with E-state index in [1.54, 1.807) is 11.6 Å². The molecule has 0 bridgehead atoms. The molecule has 6 nitrogen and oxygen atoms in total. The fourth-order valence-electron chi connectivity index (χ4n) is 2.37. The maximum Gasteiger partial charge on any atom is 0.328 e. The van der Waals surface area contributed by atoms with Crippen LogP contribution in [0.25, 0.3) is 0 Å². The van der Waals surface area contributed by atoms with Crippen LogP contribution in [0.2, 0.25) is 5.15 Å². The molecule has 1 aromatic heterocycles. The van der Waals surface area contributed by atoms with E-state index in [0.29, 0.717) is 6.42 Å². The molecule has 0 aliphatic rings. The SMILES string of the molecule is CCCCc1nc(Cl)c(C(=O)N[C@@H](CC(C)C)C(=O)OC)n1C. The third-order valence-corrected chi connectivity index (χ3v) is 3.88. The van der Waals surface area contributed by atoms with Crippen molar-refractivity contribution in [1.82, 2.24) is 14.9 Å². The average Bonchev–Trinajstić information content (AvgIpc) is 2.77. The number of unbranched alkanes of at least 4 members (excludes halogenated alkanes) is 1. The summed E-state index contributed by atoms with van der Waals surface area (Å²) in [6, 6.07) is -0.697.